The lowest BCUT2D eigenvalue weighted by Crippen LogP contribution is -2.13. The van der Waals surface area contributed by atoms with Crippen molar-refractivity contribution in [3.63, 3.8) is 0 Å². The lowest BCUT2D eigenvalue weighted by molar-refractivity contribution is 0.1000. The number of carbonyl (C=O) groups excluding carboxylic acids is 1. The first-order valence-corrected chi connectivity index (χ1v) is 7.08. The maximum absolute atomic E-state index is 11.0. The maximum atomic E-state index is 11.0. The van der Waals surface area contributed by atoms with Crippen LogP contribution in [-0.2, 0) is 0 Å². The van der Waals surface area contributed by atoms with E-state index in [0.717, 1.165) is 12.2 Å². The maximum Gasteiger partial charge on any atom is 0.250 e. The lowest BCUT2D eigenvalue weighted by atomic mass is 10.0. The van der Waals surface area contributed by atoms with Crippen LogP contribution in [0.4, 0.5) is 11.5 Å². The Balaban J connectivity index is 1.75. The Morgan fingerprint density at radius 2 is 2.24 bits per heavy atom. The average molecular weight is 282 g/mol. The van der Waals surface area contributed by atoms with E-state index in [2.05, 4.69) is 27.8 Å². The van der Waals surface area contributed by atoms with Crippen LogP contribution < -0.4 is 16.4 Å². The van der Waals surface area contributed by atoms with Gasteiger partial charge in [-0.3, -0.25) is 4.79 Å². The molecule has 3 rings (SSSR count). The van der Waals surface area contributed by atoms with Crippen molar-refractivity contribution in [2.45, 2.75) is 18.9 Å². The van der Waals surface area contributed by atoms with Crippen molar-refractivity contribution in [1.82, 2.24) is 10.3 Å². The molecule has 0 spiro atoms. The van der Waals surface area contributed by atoms with Crippen LogP contribution in [0.1, 0.15) is 34.8 Å². The zero-order valence-electron chi connectivity index (χ0n) is 11.7. The molecule has 1 atom stereocenters. The van der Waals surface area contributed by atoms with E-state index in [-0.39, 0.29) is 0 Å². The Labute approximate surface area is 123 Å². The van der Waals surface area contributed by atoms with Crippen LogP contribution in [0.2, 0.25) is 0 Å². The Hall–Kier alpha value is -2.40. The molecule has 1 unspecified atom stereocenters. The second-order valence-electron chi connectivity index (χ2n) is 5.20. The molecule has 1 amide bonds. The fraction of sp³-hybridized carbons (Fsp3) is 0.250. The molecule has 1 saturated heterocycles. The van der Waals surface area contributed by atoms with Gasteiger partial charge in [0.2, 0.25) is 5.91 Å². The minimum Gasteiger partial charge on any atom is -0.366 e. The van der Waals surface area contributed by atoms with Crippen LogP contribution in [0.15, 0.2) is 42.6 Å². The van der Waals surface area contributed by atoms with E-state index in [1.807, 2.05) is 12.1 Å². The van der Waals surface area contributed by atoms with Gasteiger partial charge in [0, 0.05) is 17.9 Å². The van der Waals surface area contributed by atoms with Crippen LogP contribution in [0.5, 0.6) is 0 Å². The van der Waals surface area contributed by atoms with Crippen LogP contribution in [-0.4, -0.2) is 17.4 Å². The van der Waals surface area contributed by atoms with Gasteiger partial charge in [-0.1, -0.05) is 12.1 Å². The third-order valence-corrected chi connectivity index (χ3v) is 3.67. The van der Waals surface area contributed by atoms with Gasteiger partial charge < -0.3 is 16.4 Å². The second-order valence-corrected chi connectivity index (χ2v) is 5.20. The van der Waals surface area contributed by atoms with Crippen LogP contribution in [0, 0.1) is 0 Å². The van der Waals surface area contributed by atoms with Gasteiger partial charge in [-0.25, -0.2) is 4.98 Å². The van der Waals surface area contributed by atoms with Crippen molar-refractivity contribution in [3.05, 3.63) is 53.7 Å². The summed E-state index contributed by atoms with van der Waals surface area (Å²) in [4.78, 5) is 15.2. The molecule has 108 valence electrons. The first-order valence-electron chi connectivity index (χ1n) is 7.08. The molecule has 1 aromatic heterocycles. The topological polar surface area (TPSA) is 80.0 Å². The number of nitrogens with two attached hydrogens (primary N) is 1. The van der Waals surface area contributed by atoms with Crippen molar-refractivity contribution in [2.24, 2.45) is 5.73 Å². The zero-order chi connectivity index (χ0) is 14.7. The number of rotatable bonds is 4. The van der Waals surface area contributed by atoms with Gasteiger partial charge in [0.25, 0.3) is 0 Å². The predicted octanol–water partition coefficient (Wildman–Crippen LogP) is 2.35. The van der Waals surface area contributed by atoms with Crippen LogP contribution >= 0.6 is 0 Å². The molecular formula is C16H18N4O. The molecule has 0 aliphatic carbocycles. The van der Waals surface area contributed by atoms with Gasteiger partial charge in [0.1, 0.15) is 5.82 Å². The molecule has 1 aliphatic rings. The number of pyridine rings is 1. The fourth-order valence-electron chi connectivity index (χ4n) is 2.56. The molecule has 2 heterocycles. The molecule has 21 heavy (non-hydrogen) atoms. The van der Waals surface area contributed by atoms with Crippen molar-refractivity contribution in [3.8, 4) is 0 Å². The summed E-state index contributed by atoms with van der Waals surface area (Å²) >= 11 is 0. The number of carbonyl (C=O) groups is 1. The third-order valence-electron chi connectivity index (χ3n) is 3.67. The summed E-state index contributed by atoms with van der Waals surface area (Å²) in [6, 6.07) is 12.2. The number of nitrogens with one attached hydrogen (secondary N) is 2. The van der Waals surface area contributed by atoms with Crippen LogP contribution in [0.25, 0.3) is 0 Å². The number of anilines is 2. The van der Waals surface area contributed by atoms with E-state index in [9.17, 15) is 4.79 Å². The van der Waals surface area contributed by atoms with Gasteiger partial charge in [0.15, 0.2) is 0 Å². The predicted molar refractivity (Wildman–Crippen MR) is 82.5 cm³/mol. The Morgan fingerprint density at radius 3 is 2.90 bits per heavy atom. The van der Waals surface area contributed by atoms with Gasteiger partial charge in [0.05, 0.1) is 5.56 Å². The monoisotopic (exact) mass is 282 g/mol. The molecule has 2 aromatic rings. The van der Waals surface area contributed by atoms with Gasteiger partial charge in [-0.15, -0.1) is 0 Å². The van der Waals surface area contributed by atoms with Crippen molar-refractivity contribution >= 4 is 17.4 Å². The zero-order valence-corrected chi connectivity index (χ0v) is 11.7. The summed E-state index contributed by atoms with van der Waals surface area (Å²) in [6.45, 7) is 1.08. The van der Waals surface area contributed by atoms with Crippen molar-refractivity contribution in [1.29, 1.82) is 0 Å². The number of aromatic nitrogens is 1. The minimum atomic E-state index is -0.469. The minimum absolute atomic E-state index is 0.407. The summed E-state index contributed by atoms with van der Waals surface area (Å²) in [5, 5.41) is 6.73. The van der Waals surface area contributed by atoms with Gasteiger partial charge in [-0.05, 0) is 49.2 Å². The standard InChI is InChI=1S/C16H18N4O/c17-16(21)12-6-7-15(19-10-12)20-13-4-1-3-11(9-13)14-5-2-8-18-14/h1,3-4,6-7,9-10,14,18H,2,5,8H2,(H2,17,21)(H,19,20). The highest BCUT2D eigenvalue weighted by Crippen LogP contribution is 2.26. The highest BCUT2D eigenvalue weighted by Gasteiger charge is 2.16. The summed E-state index contributed by atoms with van der Waals surface area (Å²) < 4.78 is 0. The number of hydrogen-bond donors (Lipinski definition) is 3. The van der Waals surface area contributed by atoms with Gasteiger partial charge in [-0.2, -0.15) is 0 Å². The van der Waals surface area contributed by atoms with Crippen LogP contribution in [0.3, 0.4) is 0 Å². The summed E-state index contributed by atoms with van der Waals surface area (Å²) in [5.74, 6) is 0.222. The first kappa shape index (κ1) is 13.6. The van der Waals surface area contributed by atoms with E-state index >= 15 is 0 Å². The largest absolute Gasteiger partial charge is 0.366 e. The average Bonchev–Trinajstić information content (AvgIpc) is 3.02. The molecular weight excluding hydrogens is 264 g/mol. The summed E-state index contributed by atoms with van der Waals surface area (Å²) in [6.07, 6.45) is 3.88. The quantitative estimate of drug-likeness (QED) is 0.804. The third kappa shape index (κ3) is 3.20. The fourth-order valence-corrected chi connectivity index (χ4v) is 2.56. The molecule has 1 aliphatic heterocycles. The smallest absolute Gasteiger partial charge is 0.250 e. The Morgan fingerprint density at radius 1 is 1.33 bits per heavy atom. The van der Waals surface area contributed by atoms with E-state index < -0.39 is 5.91 Å². The van der Waals surface area contributed by atoms with E-state index in [4.69, 9.17) is 5.73 Å². The lowest BCUT2D eigenvalue weighted by Gasteiger charge is -2.13. The molecule has 1 fully saturated rings. The molecule has 0 saturated carbocycles. The Kier molecular flexibility index (Phi) is 3.83. The SMILES string of the molecule is NC(=O)c1ccc(Nc2cccc(C3CCCN3)c2)nc1. The number of benzene rings is 1. The summed E-state index contributed by atoms with van der Waals surface area (Å²) in [5.41, 5.74) is 7.88. The van der Waals surface area contributed by atoms with E-state index in [1.54, 1.807) is 12.1 Å². The summed E-state index contributed by atoms with van der Waals surface area (Å²) in [7, 11) is 0. The highest BCUT2D eigenvalue weighted by atomic mass is 16.1. The van der Waals surface area contributed by atoms with Crippen molar-refractivity contribution < 1.29 is 4.79 Å². The molecule has 0 radical (unpaired) electrons. The van der Waals surface area contributed by atoms with Gasteiger partial charge >= 0.3 is 0 Å². The first-order chi connectivity index (χ1) is 10.2. The second kappa shape index (κ2) is 5.93. The van der Waals surface area contributed by atoms with Crippen molar-refractivity contribution in [2.75, 3.05) is 11.9 Å². The molecule has 5 heteroatoms. The normalized spacial score (nSPS) is 17.6. The Bertz CT molecular complexity index is 633. The number of hydrogen-bond acceptors (Lipinski definition) is 4. The molecule has 1 aromatic carbocycles. The molecule has 0 bridgehead atoms. The van der Waals surface area contributed by atoms with E-state index in [1.165, 1.54) is 24.6 Å². The number of primary amides is 1. The number of nitrogens with zero attached hydrogens (tertiary/aromatic N) is 1. The van der Waals surface area contributed by atoms with E-state index in [0.29, 0.717) is 17.4 Å². The number of amides is 1. The molecule has 4 N–H and O–H groups in total. The molecule has 5 nitrogen and oxygen atoms in total. The highest BCUT2D eigenvalue weighted by molar-refractivity contribution is 5.92.